The lowest BCUT2D eigenvalue weighted by Gasteiger charge is -2.15. The number of nitrogens with zero attached hydrogens (tertiary/aromatic N) is 2. The molecule has 23 heavy (non-hydrogen) atoms. The quantitative estimate of drug-likeness (QED) is 0.790. The molecule has 2 amide bonds. The van der Waals surface area contributed by atoms with Crippen LogP contribution in [0.2, 0.25) is 0 Å². The van der Waals surface area contributed by atoms with Crippen LogP contribution in [-0.4, -0.2) is 34.8 Å². The van der Waals surface area contributed by atoms with Crippen molar-refractivity contribution in [2.45, 2.75) is 20.4 Å². The highest BCUT2D eigenvalue weighted by atomic mass is 16.4. The zero-order valence-corrected chi connectivity index (χ0v) is 13.2. The third-order valence-corrected chi connectivity index (χ3v) is 3.37. The number of carbonyl (C=O) groups is 2. The van der Waals surface area contributed by atoms with E-state index in [0.717, 1.165) is 13.1 Å². The van der Waals surface area contributed by atoms with E-state index in [-0.39, 0.29) is 5.76 Å². The molecule has 0 spiro atoms. The molecule has 0 unspecified atom stereocenters. The van der Waals surface area contributed by atoms with Crippen LogP contribution in [0.15, 0.2) is 41.1 Å². The first kappa shape index (κ1) is 16.7. The van der Waals surface area contributed by atoms with Crippen LogP contribution in [0.4, 0.5) is 0 Å². The molecule has 7 nitrogen and oxygen atoms in total. The Bertz CT molecular complexity index is 650. The van der Waals surface area contributed by atoms with Gasteiger partial charge in [0.1, 0.15) is 5.76 Å². The fourth-order valence-corrected chi connectivity index (χ4v) is 2.00. The molecular weight excluding hydrogens is 296 g/mol. The minimum absolute atomic E-state index is 0.152. The van der Waals surface area contributed by atoms with E-state index in [2.05, 4.69) is 34.6 Å². The largest absolute Gasteiger partial charge is 0.454 e. The summed E-state index contributed by atoms with van der Waals surface area (Å²) in [7, 11) is 0. The summed E-state index contributed by atoms with van der Waals surface area (Å²) in [6, 6.07) is 6.59. The van der Waals surface area contributed by atoms with Gasteiger partial charge in [0, 0.05) is 12.4 Å². The molecule has 0 aliphatic rings. The van der Waals surface area contributed by atoms with Gasteiger partial charge in [-0.1, -0.05) is 13.8 Å². The van der Waals surface area contributed by atoms with E-state index in [1.54, 1.807) is 30.5 Å². The van der Waals surface area contributed by atoms with Gasteiger partial charge < -0.3 is 4.42 Å². The zero-order valence-electron chi connectivity index (χ0n) is 13.2. The van der Waals surface area contributed by atoms with Gasteiger partial charge in [-0.3, -0.25) is 30.3 Å². The number of nitrogens with one attached hydrogen (secondary N) is 2. The molecule has 7 heteroatoms. The second kappa shape index (κ2) is 8.09. The highest BCUT2D eigenvalue weighted by Gasteiger charge is 2.14. The normalized spacial score (nSPS) is 10.6. The Morgan fingerprint density at radius 3 is 2.52 bits per heavy atom. The lowest BCUT2D eigenvalue weighted by atomic mass is 10.3. The van der Waals surface area contributed by atoms with Crippen LogP contribution < -0.4 is 10.9 Å². The first-order chi connectivity index (χ1) is 11.1. The molecule has 2 aromatic heterocycles. The van der Waals surface area contributed by atoms with Crippen molar-refractivity contribution < 1.29 is 14.0 Å². The molecule has 0 saturated carbocycles. The third-order valence-electron chi connectivity index (χ3n) is 3.37. The van der Waals surface area contributed by atoms with Gasteiger partial charge in [0.05, 0.1) is 12.1 Å². The molecule has 122 valence electrons. The van der Waals surface area contributed by atoms with Crippen molar-refractivity contribution in [1.29, 1.82) is 0 Å². The fraction of sp³-hybridized carbons (Fsp3) is 0.312. The summed E-state index contributed by atoms with van der Waals surface area (Å²) in [6.45, 7) is 6.57. The van der Waals surface area contributed by atoms with Crippen LogP contribution in [0.1, 0.15) is 40.5 Å². The first-order valence-corrected chi connectivity index (χ1v) is 7.45. The van der Waals surface area contributed by atoms with Gasteiger partial charge in [-0.05, 0) is 37.4 Å². The standard InChI is InChI=1S/C16H20N4O3/c1-3-20(4-2)11-13-7-8-14(23-13)16(22)19-18-15(21)12-6-5-9-17-10-12/h5-10H,3-4,11H2,1-2H3,(H,18,21)(H,19,22). The fourth-order valence-electron chi connectivity index (χ4n) is 2.00. The van der Waals surface area contributed by atoms with E-state index in [0.29, 0.717) is 17.9 Å². The second-order valence-electron chi connectivity index (χ2n) is 4.88. The van der Waals surface area contributed by atoms with Gasteiger partial charge in [-0.25, -0.2) is 0 Å². The van der Waals surface area contributed by atoms with Crippen molar-refractivity contribution in [3.63, 3.8) is 0 Å². The molecule has 0 aromatic carbocycles. The molecule has 0 radical (unpaired) electrons. The lowest BCUT2D eigenvalue weighted by Crippen LogP contribution is -2.41. The minimum atomic E-state index is -0.506. The van der Waals surface area contributed by atoms with Gasteiger partial charge in [-0.15, -0.1) is 0 Å². The van der Waals surface area contributed by atoms with Gasteiger partial charge in [-0.2, -0.15) is 0 Å². The Labute approximate surface area is 134 Å². The molecule has 0 aliphatic heterocycles. The Balaban J connectivity index is 1.89. The van der Waals surface area contributed by atoms with Crippen LogP contribution in [0, 0.1) is 0 Å². The Hall–Kier alpha value is -2.67. The molecular formula is C16H20N4O3. The highest BCUT2D eigenvalue weighted by Crippen LogP contribution is 2.10. The smallest absolute Gasteiger partial charge is 0.305 e. The number of carbonyl (C=O) groups excluding carboxylic acids is 2. The van der Waals surface area contributed by atoms with E-state index < -0.39 is 11.8 Å². The van der Waals surface area contributed by atoms with E-state index in [9.17, 15) is 9.59 Å². The number of rotatable bonds is 6. The Kier molecular flexibility index (Phi) is 5.87. The van der Waals surface area contributed by atoms with Crippen LogP contribution in [-0.2, 0) is 6.54 Å². The maximum absolute atomic E-state index is 12.0. The number of furan rings is 1. The first-order valence-electron chi connectivity index (χ1n) is 7.45. The summed E-state index contributed by atoms with van der Waals surface area (Å²) < 4.78 is 5.50. The number of pyridine rings is 1. The number of hydrazine groups is 1. The van der Waals surface area contributed by atoms with Crippen molar-refractivity contribution in [1.82, 2.24) is 20.7 Å². The summed E-state index contributed by atoms with van der Waals surface area (Å²) in [4.78, 5) is 29.8. The average Bonchev–Trinajstić information content (AvgIpc) is 3.06. The monoisotopic (exact) mass is 316 g/mol. The Morgan fingerprint density at radius 2 is 1.87 bits per heavy atom. The molecule has 0 atom stereocenters. The topological polar surface area (TPSA) is 87.5 Å². The average molecular weight is 316 g/mol. The van der Waals surface area contributed by atoms with E-state index in [1.807, 2.05) is 0 Å². The van der Waals surface area contributed by atoms with Crippen LogP contribution >= 0.6 is 0 Å². The summed E-state index contributed by atoms with van der Waals surface area (Å²) >= 11 is 0. The Morgan fingerprint density at radius 1 is 1.13 bits per heavy atom. The molecule has 0 saturated heterocycles. The number of amides is 2. The number of hydrogen-bond acceptors (Lipinski definition) is 5. The van der Waals surface area contributed by atoms with Crippen molar-refractivity contribution in [2.24, 2.45) is 0 Å². The van der Waals surface area contributed by atoms with E-state index >= 15 is 0 Å². The van der Waals surface area contributed by atoms with E-state index in [1.165, 1.54) is 6.20 Å². The SMILES string of the molecule is CCN(CC)Cc1ccc(C(=O)NNC(=O)c2cccnc2)o1. The van der Waals surface area contributed by atoms with Crippen LogP contribution in [0.5, 0.6) is 0 Å². The predicted molar refractivity (Wildman–Crippen MR) is 84.5 cm³/mol. The van der Waals surface area contributed by atoms with Crippen LogP contribution in [0.25, 0.3) is 0 Å². The van der Waals surface area contributed by atoms with Gasteiger partial charge in [0.2, 0.25) is 0 Å². The zero-order chi connectivity index (χ0) is 16.7. The molecule has 2 rings (SSSR count). The number of hydrogen-bond donors (Lipinski definition) is 2. The molecule has 0 bridgehead atoms. The molecule has 2 aromatic rings. The summed E-state index contributed by atoms with van der Waals surface area (Å²) in [5.74, 6) is -0.0921. The molecule has 0 fully saturated rings. The maximum atomic E-state index is 12.0. The van der Waals surface area contributed by atoms with Crippen molar-refractivity contribution in [2.75, 3.05) is 13.1 Å². The summed E-state index contributed by atoms with van der Waals surface area (Å²) in [6.07, 6.45) is 2.98. The van der Waals surface area contributed by atoms with Crippen molar-refractivity contribution >= 4 is 11.8 Å². The van der Waals surface area contributed by atoms with Gasteiger partial charge >= 0.3 is 5.91 Å². The van der Waals surface area contributed by atoms with Crippen molar-refractivity contribution in [3.05, 3.63) is 53.7 Å². The minimum Gasteiger partial charge on any atom is -0.454 e. The summed E-state index contributed by atoms with van der Waals surface area (Å²) in [5, 5.41) is 0. The molecule has 2 N–H and O–H groups in total. The van der Waals surface area contributed by atoms with Crippen molar-refractivity contribution in [3.8, 4) is 0 Å². The second-order valence-corrected chi connectivity index (χ2v) is 4.88. The maximum Gasteiger partial charge on any atom is 0.305 e. The molecule has 2 heterocycles. The van der Waals surface area contributed by atoms with Crippen LogP contribution in [0.3, 0.4) is 0 Å². The highest BCUT2D eigenvalue weighted by molar-refractivity contribution is 5.97. The summed E-state index contributed by atoms with van der Waals surface area (Å²) in [5.41, 5.74) is 4.99. The number of aromatic nitrogens is 1. The lowest BCUT2D eigenvalue weighted by molar-refractivity contribution is 0.0828. The predicted octanol–water partition coefficient (Wildman–Crippen LogP) is 1.59. The van der Waals surface area contributed by atoms with Gasteiger partial charge in [0.25, 0.3) is 5.91 Å². The third kappa shape index (κ3) is 4.65. The van der Waals surface area contributed by atoms with E-state index in [4.69, 9.17) is 4.42 Å². The van der Waals surface area contributed by atoms with Gasteiger partial charge in [0.15, 0.2) is 5.76 Å². The molecule has 0 aliphatic carbocycles.